The fraction of sp³-hybridized carbons (Fsp3) is 0.750. The molecular formula is C8H17NW. The van der Waals surface area contributed by atoms with Crippen LogP contribution in [-0.2, 0) is 21.1 Å². The van der Waals surface area contributed by atoms with Crippen LogP contribution in [0.15, 0.2) is 0 Å². The van der Waals surface area contributed by atoms with Crippen molar-refractivity contribution in [3.63, 3.8) is 0 Å². The smallest absolute Gasteiger partial charge is 0.482 e. The molecule has 0 bridgehead atoms. The Bertz CT molecular complexity index is 62.3. The summed E-state index contributed by atoms with van der Waals surface area (Å²) in [5, 5.41) is 0. The maximum atomic E-state index is 3.81. The molecule has 0 unspecified atom stereocenters. The van der Waals surface area contributed by atoms with Gasteiger partial charge < -0.3 is 11.8 Å². The summed E-state index contributed by atoms with van der Waals surface area (Å²) in [5.74, 6) is 0. The van der Waals surface area contributed by atoms with Crippen molar-refractivity contribution in [2.24, 2.45) is 0 Å². The summed E-state index contributed by atoms with van der Waals surface area (Å²) in [7, 11) is 2.09. The summed E-state index contributed by atoms with van der Waals surface area (Å²) in [6.45, 7) is 9.06. The zero-order chi connectivity index (χ0) is 7.28. The molecule has 60 valence electrons. The average Bonchev–Trinajstić information content (AvgIpc) is 1.90. The van der Waals surface area contributed by atoms with Gasteiger partial charge in [0.2, 0.25) is 0 Å². The number of hydrogen-bond acceptors (Lipinski definition) is 1. The van der Waals surface area contributed by atoms with E-state index in [2.05, 4.69) is 32.7 Å². The second-order valence-corrected chi connectivity index (χ2v) is 2.19. The first-order valence-electron chi connectivity index (χ1n) is 3.61. The molecule has 0 aromatic carbocycles. The fourth-order valence-electron chi connectivity index (χ4n) is 0.948. The molecule has 0 spiro atoms. The van der Waals surface area contributed by atoms with Crippen LogP contribution in [-0.4, -0.2) is 18.5 Å². The minimum absolute atomic E-state index is 0. The van der Waals surface area contributed by atoms with E-state index < -0.39 is 0 Å². The first-order chi connectivity index (χ1) is 4.26. The Hall–Kier alpha value is 0.648. The molecule has 0 radical (unpaired) electrons. The van der Waals surface area contributed by atoms with Crippen molar-refractivity contribution in [2.75, 3.05) is 13.6 Å². The standard InChI is InChI=1S/C8H17N.W/c1-5-8(6-2)9(4)7-3;/h3,5-7H2,1-2,4H3;/q-2;+2. The van der Waals surface area contributed by atoms with Crippen molar-refractivity contribution in [3.8, 4) is 0 Å². The Balaban J connectivity index is 0. The number of rotatable bonds is 4. The van der Waals surface area contributed by atoms with Crippen LogP contribution in [0.2, 0.25) is 0 Å². The second-order valence-electron chi connectivity index (χ2n) is 2.19. The molecular weight excluding hydrogens is 294 g/mol. The molecule has 2 heteroatoms. The summed E-state index contributed by atoms with van der Waals surface area (Å²) in [4.78, 5) is 2.21. The fourth-order valence-corrected chi connectivity index (χ4v) is 0.948. The molecule has 0 atom stereocenters. The third-order valence-electron chi connectivity index (χ3n) is 1.69. The molecule has 1 nitrogen and oxygen atoms in total. The SMILES string of the molecule is [CH2-]CN(C)[C-](CC)CC.[W+2]. The van der Waals surface area contributed by atoms with Gasteiger partial charge in [-0.25, -0.2) is 0 Å². The second kappa shape index (κ2) is 7.75. The van der Waals surface area contributed by atoms with Gasteiger partial charge in [-0.15, -0.1) is 0 Å². The van der Waals surface area contributed by atoms with Crippen LogP contribution in [0.3, 0.4) is 0 Å². The van der Waals surface area contributed by atoms with Crippen LogP contribution < -0.4 is 0 Å². The molecule has 10 heavy (non-hydrogen) atoms. The molecule has 0 aliphatic rings. The zero-order valence-electron chi connectivity index (χ0n) is 7.18. The van der Waals surface area contributed by atoms with Gasteiger partial charge >= 0.3 is 21.1 Å². The van der Waals surface area contributed by atoms with E-state index in [-0.39, 0.29) is 21.1 Å². The Morgan fingerprint density at radius 2 is 1.70 bits per heavy atom. The Morgan fingerprint density at radius 1 is 1.30 bits per heavy atom. The summed E-state index contributed by atoms with van der Waals surface area (Å²) >= 11 is 0. The van der Waals surface area contributed by atoms with Crippen molar-refractivity contribution in [2.45, 2.75) is 26.7 Å². The summed E-state index contributed by atoms with van der Waals surface area (Å²) in [6.07, 6.45) is 2.31. The van der Waals surface area contributed by atoms with Crippen molar-refractivity contribution < 1.29 is 21.1 Å². The first-order valence-corrected chi connectivity index (χ1v) is 3.61. The van der Waals surface area contributed by atoms with Gasteiger partial charge in [0.05, 0.1) is 0 Å². The molecule has 0 rings (SSSR count). The van der Waals surface area contributed by atoms with E-state index in [1.165, 1.54) is 6.04 Å². The van der Waals surface area contributed by atoms with Gasteiger partial charge in [0.25, 0.3) is 0 Å². The van der Waals surface area contributed by atoms with E-state index in [1.54, 1.807) is 0 Å². The van der Waals surface area contributed by atoms with Crippen molar-refractivity contribution in [3.05, 3.63) is 13.0 Å². The monoisotopic (exact) mass is 311 g/mol. The Kier molecular flexibility index (Phi) is 10.3. The van der Waals surface area contributed by atoms with E-state index in [1.807, 2.05) is 0 Å². The van der Waals surface area contributed by atoms with Gasteiger partial charge in [0.15, 0.2) is 0 Å². The molecule has 0 saturated heterocycles. The molecule has 0 saturated carbocycles. The van der Waals surface area contributed by atoms with Crippen LogP contribution in [0.1, 0.15) is 26.7 Å². The van der Waals surface area contributed by atoms with Crippen LogP contribution in [0.5, 0.6) is 0 Å². The quantitative estimate of drug-likeness (QED) is 0.719. The normalized spacial score (nSPS) is 10.2. The molecule has 0 aromatic rings. The third kappa shape index (κ3) is 4.46. The largest absolute Gasteiger partial charge is 2.00 e. The average molecular weight is 311 g/mol. The molecule has 0 aliphatic carbocycles. The molecule has 0 N–H and O–H groups in total. The Labute approximate surface area is 79.4 Å². The summed E-state index contributed by atoms with van der Waals surface area (Å²) < 4.78 is 0. The van der Waals surface area contributed by atoms with Crippen LogP contribution in [0.25, 0.3) is 0 Å². The van der Waals surface area contributed by atoms with E-state index in [9.17, 15) is 0 Å². The predicted molar refractivity (Wildman–Crippen MR) is 41.8 cm³/mol. The van der Waals surface area contributed by atoms with E-state index >= 15 is 0 Å². The van der Waals surface area contributed by atoms with Gasteiger partial charge in [-0.2, -0.15) is 19.4 Å². The minimum Gasteiger partial charge on any atom is -0.482 e. The van der Waals surface area contributed by atoms with Crippen LogP contribution in [0, 0.1) is 13.0 Å². The maximum Gasteiger partial charge on any atom is 2.00 e. The van der Waals surface area contributed by atoms with Crippen molar-refractivity contribution in [1.82, 2.24) is 4.90 Å². The Morgan fingerprint density at radius 3 is 1.80 bits per heavy atom. The van der Waals surface area contributed by atoms with Crippen LogP contribution >= 0.6 is 0 Å². The summed E-state index contributed by atoms with van der Waals surface area (Å²) in [6, 6.07) is 1.49. The third-order valence-corrected chi connectivity index (χ3v) is 1.69. The van der Waals surface area contributed by atoms with E-state index in [0.29, 0.717) is 0 Å². The van der Waals surface area contributed by atoms with Gasteiger partial charge in [-0.1, -0.05) is 13.8 Å². The van der Waals surface area contributed by atoms with Crippen LogP contribution in [0.4, 0.5) is 0 Å². The zero-order valence-corrected chi connectivity index (χ0v) is 10.1. The van der Waals surface area contributed by atoms with E-state index in [4.69, 9.17) is 0 Å². The molecule has 0 heterocycles. The molecule has 0 fully saturated rings. The van der Waals surface area contributed by atoms with Crippen molar-refractivity contribution in [1.29, 1.82) is 0 Å². The van der Waals surface area contributed by atoms with Gasteiger partial charge in [0.1, 0.15) is 0 Å². The van der Waals surface area contributed by atoms with Gasteiger partial charge in [0, 0.05) is 0 Å². The summed E-state index contributed by atoms with van der Waals surface area (Å²) in [5.41, 5.74) is 0. The topological polar surface area (TPSA) is 3.24 Å². The van der Waals surface area contributed by atoms with E-state index in [0.717, 1.165) is 19.4 Å². The number of nitrogens with zero attached hydrogens (tertiary/aromatic N) is 1. The maximum absolute atomic E-state index is 3.81. The number of hydrogen-bond donors (Lipinski definition) is 0. The van der Waals surface area contributed by atoms with Gasteiger partial charge in [-0.05, 0) is 7.05 Å². The van der Waals surface area contributed by atoms with Crippen molar-refractivity contribution >= 4 is 0 Å². The minimum atomic E-state index is 0. The van der Waals surface area contributed by atoms with Gasteiger partial charge in [-0.3, -0.25) is 6.04 Å². The molecule has 0 aromatic heterocycles. The molecule has 0 amide bonds. The molecule has 0 aliphatic heterocycles. The predicted octanol–water partition coefficient (Wildman–Crippen LogP) is 2.10. The first kappa shape index (κ1) is 13.3.